The van der Waals surface area contributed by atoms with Crippen molar-refractivity contribution in [2.75, 3.05) is 64.1 Å². The van der Waals surface area contributed by atoms with Gasteiger partial charge in [-0.3, -0.25) is 4.90 Å². The van der Waals surface area contributed by atoms with Crippen molar-refractivity contribution in [1.29, 1.82) is 0 Å². The molecule has 1 saturated heterocycles. The van der Waals surface area contributed by atoms with Crippen LogP contribution in [0.15, 0.2) is 6.20 Å². The summed E-state index contributed by atoms with van der Waals surface area (Å²) in [5, 5.41) is 3.42. The number of hydrogen-bond acceptors (Lipinski definition) is 6. The molecule has 0 aromatic carbocycles. The Morgan fingerprint density at radius 3 is 2.55 bits per heavy atom. The number of aryl methyl sites for hydroxylation is 1. The van der Waals surface area contributed by atoms with Crippen molar-refractivity contribution in [1.82, 2.24) is 19.8 Å². The standard InChI is InChI=1S/C16H30N6/c1-6-14(22-9-7-21(5)8-10-22)12-18-16-17-11-13(2)15(19-16)20(3)4/h11,14H,6-10,12H2,1-5H3,(H,17,18,19). The molecule has 1 aliphatic rings. The SMILES string of the molecule is CCC(CNc1ncc(C)c(N(C)C)n1)N1CCN(C)CC1. The number of rotatable bonds is 6. The normalized spacial score (nSPS) is 18.2. The van der Waals surface area contributed by atoms with Crippen LogP contribution in [0.1, 0.15) is 18.9 Å². The van der Waals surface area contributed by atoms with E-state index in [-0.39, 0.29) is 0 Å². The number of hydrogen-bond donors (Lipinski definition) is 1. The van der Waals surface area contributed by atoms with Crippen LogP contribution >= 0.6 is 0 Å². The smallest absolute Gasteiger partial charge is 0.224 e. The summed E-state index contributed by atoms with van der Waals surface area (Å²) in [4.78, 5) is 16.0. The van der Waals surface area contributed by atoms with E-state index < -0.39 is 0 Å². The zero-order valence-corrected chi connectivity index (χ0v) is 14.6. The predicted octanol–water partition coefficient (Wildman–Crippen LogP) is 1.29. The van der Waals surface area contributed by atoms with E-state index in [0.717, 1.165) is 56.5 Å². The van der Waals surface area contributed by atoms with Gasteiger partial charge in [0, 0.05) is 64.6 Å². The Labute approximate surface area is 134 Å². The summed E-state index contributed by atoms with van der Waals surface area (Å²) in [6.45, 7) is 9.80. The van der Waals surface area contributed by atoms with Gasteiger partial charge >= 0.3 is 0 Å². The minimum Gasteiger partial charge on any atom is -0.362 e. The Bertz CT molecular complexity index is 468. The Balaban J connectivity index is 1.94. The summed E-state index contributed by atoms with van der Waals surface area (Å²) in [7, 11) is 6.22. The van der Waals surface area contributed by atoms with E-state index in [1.165, 1.54) is 0 Å². The molecule has 0 saturated carbocycles. The van der Waals surface area contributed by atoms with Crippen LogP contribution < -0.4 is 10.2 Å². The van der Waals surface area contributed by atoms with E-state index in [2.05, 4.69) is 39.1 Å². The van der Waals surface area contributed by atoms with Gasteiger partial charge in [0.05, 0.1) is 0 Å². The summed E-state index contributed by atoms with van der Waals surface area (Å²) >= 11 is 0. The molecule has 0 radical (unpaired) electrons. The number of nitrogens with zero attached hydrogens (tertiary/aromatic N) is 5. The molecule has 6 nitrogen and oxygen atoms in total. The third-order valence-corrected chi connectivity index (χ3v) is 4.39. The number of aromatic nitrogens is 2. The summed E-state index contributed by atoms with van der Waals surface area (Å²) in [5.74, 6) is 1.70. The lowest BCUT2D eigenvalue weighted by Gasteiger charge is -2.37. The second-order valence-electron chi connectivity index (χ2n) is 6.38. The molecule has 22 heavy (non-hydrogen) atoms. The highest BCUT2D eigenvalue weighted by Crippen LogP contribution is 2.16. The first kappa shape index (κ1) is 17.0. The molecule has 2 rings (SSSR count). The molecule has 1 N–H and O–H groups in total. The Morgan fingerprint density at radius 1 is 1.27 bits per heavy atom. The Kier molecular flexibility index (Phi) is 5.97. The molecule has 1 atom stereocenters. The molecule has 0 spiro atoms. The zero-order chi connectivity index (χ0) is 16.1. The lowest BCUT2D eigenvalue weighted by molar-refractivity contribution is 0.114. The second-order valence-corrected chi connectivity index (χ2v) is 6.38. The molecule has 2 heterocycles. The largest absolute Gasteiger partial charge is 0.362 e. The van der Waals surface area contributed by atoms with Gasteiger partial charge in [0.2, 0.25) is 5.95 Å². The van der Waals surface area contributed by atoms with Gasteiger partial charge in [-0.25, -0.2) is 4.98 Å². The quantitative estimate of drug-likeness (QED) is 0.854. The first-order valence-electron chi connectivity index (χ1n) is 8.18. The van der Waals surface area contributed by atoms with E-state index in [9.17, 15) is 0 Å². The molecule has 1 aliphatic heterocycles. The van der Waals surface area contributed by atoms with Gasteiger partial charge in [0.15, 0.2) is 0 Å². The summed E-state index contributed by atoms with van der Waals surface area (Å²) in [6, 6.07) is 0.543. The fraction of sp³-hybridized carbons (Fsp3) is 0.750. The highest BCUT2D eigenvalue weighted by atomic mass is 15.3. The molecular formula is C16H30N6. The third kappa shape index (κ3) is 4.30. The van der Waals surface area contributed by atoms with E-state index in [1.807, 2.05) is 32.1 Å². The molecule has 6 heteroatoms. The molecule has 1 aromatic heterocycles. The first-order valence-corrected chi connectivity index (χ1v) is 8.18. The van der Waals surface area contributed by atoms with Crippen molar-refractivity contribution in [2.45, 2.75) is 26.3 Å². The zero-order valence-electron chi connectivity index (χ0n) is 14.6. The van der Waals surface area contributed by atoms with Crippen molar-refractivity contribution in [3.05, 3.63) is 11.8 Å². The van der Waals surface area contributed by atoms with E-state index in [0.29, 0.717) is 6.04 Å². The van der Waals surface area contributed by atoms with Crippen LogP contribution in [0.25, 0.3) is 0 Å². The van der Waals surface area contributed by atoms with Crippen molar-refractivity contribution < 1.29 is 0 Å². The molecular weight excluding hydrogens is 276 g/mol. The molecule has 0 bridgehead atoms. The number of likely N-dealkylation sites (N-methyl/N-ethyl adjacent to an activating group) is 1. The van der Waals surface area contributed by atoms with E-state index in [1.54, 1.807) is 0 Å². The van der Waals surface area contributed by atoms with Crippen LogP contribution in [-0.2, 0) is 0 Å². The van der Waals surface area contributed by atoms with E-state index >= 15 is 0 Å². The van der Waals surface area contributed by atoms with Gasteiger partial charge in [0.1, 0.15) is 5.82 Å². The lowest BCUT2D eigenvalue weighted by Crippen LogP contribution is -2.50. The molecule has 1 fully saturated rings. The molecule has 0 amide bonds. The number of anilines is 2. The van der Waals surface area contributed by atoms with Gasteiger partial charge in [-0.05, 0) is 20.4 Å². The van der Waals surface area contributed by atoms with Crippen LogP contribution in [0.3, 0.4) is 0 Å². The van der Waals surface area contributed by atoms with Crippen LogP contribution in [-0.4, -0.2) is 79.7 Å². The summed E-state index contributed by atoms with van der Waals surface area (Å²) in [5.41, 5.74) is 1.10. The van der Waals surface area contributed by atoms with Gasteiger partial charge in [-0.1, -0.05) is 6.92 Å². The third-order valence-electron chi connectivity index (χ3n) is 4.39. The molecule has 1 unspecified atom stereocenters. The van der Waals surface area contributed by atoms with Crippen LogP contribution in [0, 0.1) is 6.92 Å². The fourth-order valence-electron chi connectivity index (χ4n) is 2.90. The van der Waals surface area contributed by atoms with Crippen molar-refractivity contribution in [3.8, 4) is 0 Å². The summed E-state index contributed by atoms with van der Waals surface area (Å²) < 4.78 is 0. The molecule has 1 aromatic rings. The van der Waals surface area contributed by atoms with Crippen LogP contribution in [0.4, 0.5) is 11.8 Å². The van der Waals surface area contributed by atoms with Gasteiger partial charge in [-0.2, -0.15) is 4.98 Å². The predicted molar refractivity (Wildman–Crippen MR) is 92.7 cm³/mol. The van der Waals surface area contributed by atoms with Crippen molar-refractivity contribution >= 4 is 11.8 Å². The van der Waals surface area contributed by atoms with Gasteiger partial charge < -0.3 is 15.1 Å². The van der Waals surface area contributed by atoms with Crippen molar-refractivity contribution in [2.24, 2.45) is 0 Å². The maximum absolute atomic E-state index is 4.61. The molecule has 124 valence electrons. The van der Waals surface area contributed by atoms with Gasteiger partial charge in [0.25, 0.3) is 0 Å². The number of nitrogens with one attached hydrogen (secondary N) is 1. The minimum absolute atomic E-state index is 0.543. The first-order chi connectivity index (χ1) is 10.5. The van der Waals surface area contributed by atoms with Gasteiger partial charge in [-0.15, -0.1) is 0 Å². The minimum atomic E-state index is 0.543. The Hall–Kier alpha value is -1.40. The van der Waals surface area contributed by atoms with E-state index in [4.69, 9.17) is 0 Å². The highest BCUT2D eigenvalue weighted by molar-refractivity contribution is 5.47. The van der Waals surface area contributed by atoms with Crippen LogP contribution in [0.2, 0.25) is 0 Å². The number of piperazine rings is 1. The second kappa shape index (κ2) is 7.74. The lowest BCUT2D eigenvalue weighted by atomic mass is 10.1. The van der Waals surface area contributed by atoms with Crippen LogP contribution in [0.5, 0.6) is 0 Å². The Morgan fingerprint density at radius 2 is 1.95 bits per heavy atom. The fourth-order valence-corrected chi connectivity index (χ4v) is 2.90. The topological polar surface area (TPSA) is 47.5 Å². The van der Waals surface area contributed by atoms with Crippen molar-refractivity contribution in [3.63, 3.8) is 0 Å². The monoisotopic (exact) mass is 306 g/mol. The maximum Gasteiger partial charge on any atom is 0.224 e. The average Bonchev–Trinajstić information content (AvgIpc) is 2.50. The average molecular weight is 306 g/mol. The highest BCUT2D eigenvalue weighted by Gasteiger charge is 2.21. The molecule has 0 aliphatic carbocycles. The maximum atomic E-state index is 4.61. The summed E-state index contributed by atoms with van der Waals surface area (Å²) in [6.07, 6.45) is 3.03.